The highest BCUT2D eigenvalue weighted by Crippen LogP contribution is 2.04. The molecule has 0 aliphatic carbocycles. The molecule has 1 nitrogen and oxygen atoms in total. The van der Waals surface area contributed by atoms with Crippen LogP contribution in [0.1, 0.15) is 27.2 Å². The number of rotatable bonds is 6. The highest BCUT2D eigenvalue weighted by molar-refractivity contribution is 6.18. The smallest absolute Gasteiger partial charge is 0.0404 e. The highest BCUT2D eigenvalue weighted by Gasteiger charge is 2.07. The lowest BCUT2D eigenvalue weighted by Crippen LogP contribution is -2.33. The van der Waals surface area contributed by atoms with E-state index in [0.717, 1.165) is 6.54 Å². The van der Waals surface area contributed by atoms with Crippen molar-refractivity contribution in [1.82, 2.24) is 5.32 Å². The summed E-state index contributed by atoms with van der Waals surface area (Å²) in [6, 6.07) is 0.630. The highest BCUT2D eigenvalue weighted by atomic mass is 35.5. The van der Waals surface area contributed by atoms with Crippen LogP contribution in [0.2, 0.25) is 0 Å². The Hall–Kier alpha value is -0.0100. The van der Waals surface area contributed by atoms with Gasteiger partial charge in [0.1, 0.15) is 0 Å². The average molecular weight is 190 g/mol. The van der Waals surface area contributed by atoms with Crippen LogP contribution in [0.5, 0.6) is 0 Å². The Morgan fingerprint density at radius 2 is 2.00 bits per heavy atom. The van der Waals surface area contributed by atoms with Crippen molar-refractivity contribution in [2.45, 2.75) is 33.2 Å². The number of hydrogen-bond acceptors (Lipinski definition) is 1. The van der Waals surface area contributed by atoms with Gasteiger partial charge in [0.25, 0.3) is 0 Å². The van der Waals surface area contributed by atoms with Gasteiger partial charge < -0.3 is 5.32 Å². The van der Waals surface area contributed by atoms with Gasteiger partial charge in [0.15, 0.2) is 0 Å². The van der Waals surface area contributed by atoms with Crippen molar-refractivity contribution in [2.75, 3.05) is 12.4 Å². The van der Waals surface area contributed by atoms with Gasteiger partial charge in [-0.1, -0.05) is 32.9 Å². The molecule has 0 bridgehead atoms. The molecule has 0 amide bonds. The standard InChI is InChI=1S/C10H20ClN/c1-4-10(9(2)3)12-8-6-5-7-11/h5-6,9-10,12H,4,7-8H2,1-3H3/b6-5+. The van der Waals surface area contributed by atoms with Crippen molar-refractivity contribution in [3.8, 4) is 0 Å². The number of nitrogens with one attached hydrogen (secondary N) is 1. The molecule has 2 heteroatoms. The van der Waals surface area contributed by atoms with Crippen molar-refractivity contribution in [1.29, 1.82) is 0 Å². The van der Waals surface area contributed by atoms with E-state index in [1.54, 1.807) is 0 Å². The second-order valence-electron chi connectivity index (χ2n) is 3.29. The molecule has 72 valence electrons. The zero-order valence-electron chi connectivity index (χ0n) is 8.31. The number of halogens is 1. The van der Waals surface area contributed by atoms with E-state index in [2.05, 4.69) is 32.2 Å². The third kappa shape index (κ3) is 5.62. The summed E-state index contributed by atoms with van der Waals surface area (Å²) in [6.07, 6.45) is 5.24. The third-order valence-corrected chi connectivity index (χ3v) is 2.18. The molecule has 0 spiro atoms. The molecular formula is C10H20ClN. The summed E-state index contributed by atoms with van der Waals surface area (Å²) < 4.78 is 0. The number of alkyl halides is 1. The lowest BCUT2D eigenvalue weighted by atomic mass is 10.0. The van der Waals surface area contributed by atoms with Crippen molar-refractivity contribution < 1.29 is 0 Å². The minimum Gasteiger partial charge on any atom is -0.310 e. The predicted octanol–water partition coefficient (Wildman–Crippen LogP) is 2.81. The SMILES string of the molecule is CCC(NC/C=C/CCl)C(C)C. The van der Waals surface area contributed by atoms with Gasteiger partial charge in [-0.2, -0.15) is 0 Å². The molecule has 0 aliphatic rings. The lowest BCUT2D eigenvalue weighted by Gasteiger charge is -2.19. The van der Waals surface area contributed by atoms with E-state index in [1.807, 2.05) is 6.08 Å². The van der Waals surface area contributed by atoms with Gasteiger partial charge in [-0.3, -0.25) is 0 Å². The molecule has 0 radical (unpaired) electrons. The van der Waals surface area contributed by atoms with Crippen molar-refractivity contribution >= 4 is 11.6 Å². The lowest BCUT2D eigenvalue weighted by molar-refractivity contribution is 0.404. The van der Waals surface area contributed by atoms with Gasteiger partial charge >= 0.3 is 0 Å². The van der Waals surface area contributed by atoms with Gasteiger partial charge in [0.2, 0.25) is 0 Å². The van der Waals surface area contributed by atoms with Crippen LogP contribution in [0.25, 0.3) is 0 Å². The summed E-state index contributed by atoms with van der Waals surface area (Å²) in [7, 11) is 0. The second-order valence-corrected chi connectivity index (χ2v) is 3.60. The van der Waals surface area contributed by atoms with E-state index in [0.29, 0.717) is 17.8 Å². The molecule has 0 rings (SSSR count). The van der Waals surface area contributed by atoms with Crippen LogP contribution >= 0.6 is 11.6 Å². The molecule has 0 aromatic heterocycles. The quantitative estimate of drug-likeness (QED) is 0.501. The molecule has 0 saturated carbocycles. The monoisotopic (exact) mass is 189 g/mol. The Bertz CT molecular complexity index is 121. The summed E-state index contributed by atoms with van der Waals surface area (Å²) in [5.41, 5.74) is 0. The first-order valence-electron chi connectivity index (χ1n) is 4.66. The fourth-order valence-corrected chi connectivity index (χ4v) is 1.34. The molecule has 0 aromatic carbocycles. The molecule has 0 heterocycles. The first kappa shape index (κ1) is 12.0. The van der Waals surface area contributed by atoms with Crippen LogP contribution in [0.15, 0.2) is 12.2 Å². The first-order chi connectivity index (χ1) is 5.72. The van der Waals surface area contributed by atoms with Crippen LogP contribution < -0.4 is 5.32 Å². The van der Waals surface area contributed by atoms with Crippen LogP contribution in [-0.2, 0) is 0 Å². The maximum Gasteiger partial charge on any atom is 0.0404 e. The largest absolute Gasteiger partial charge is 0.310 e. The van der Waals surface area contributed by atoms with Gasteiger partial charge in [0, 0.05) is 18.5 Å². The molecule has 1 N–H and O–H groups in total. The summed E-state index contributed by atoms with van der Waals surface area (Å²) >= 11 is 5.50. The van der Waals surface area contributed by atoms with E-state index in [9.17, 15) is 0 Å². The van der Waals surface area contributed by atoms with Gasteiger partial charge in [-0.05, 0) is 12.3 Å². The Kier molecular flexibility index (Phi) is 7.62. The van der Waals surface area contributed by atoms with Crippen LogP contribution in [0.4, 0.5) is 0 Å². The first-order valence-corrected chi connectivity index (χ1v) is 5.20. The number of hydrogen-bond donors (Lipinski definition) is 1. The Morgan fingerprint density at radius 1 is 1.33 bits per heavy atom. The van der Waals surface area contributed by atoms with Gasteiger partial charge in [-0.25, -0.2) is 0 Å². The molecule has 0 saturated heterocycles. The predicted molar refractivity (Wildman–Crippen MR) is 56.8 cm³/mol. The summed E-state index contributed by atoms with van der Waals surface area (Å²) in [6.45, 7) is 7.63. The van der Waals surface area contributed by atoms with E-state index in [-0.39, 0.29) is 0 Å². The van der Waals surface area contributed by atoms with Crippen LogP contribution in [-0.4, -0.2) is 18.5 Å². The van der Waals surface area contributed by atoms with Crippen molar-refractivity contribution in [2.24, 2.45) is 5.92 Å². The Morgan fingerprint density at radius 3 is 2.42 bits per heavy atom. The Balaban J connectivity index is 3.51. The normalized spacial score (nSPS) is 14.4. The van der Waals surface area contributed by atoms with Crippen LogP contribution in [0, 0.1) is 5.92 Å². The third-order valence-electron chi connectivity index (χ3n) is 2.00. The zero-order chi connectivity index (χ0) is 9.40. The summed E-state index contributed by atoms with van der Waals surface area (Å²) in [5.74, 6) is 1.32. The van der Waals surface area contributed by atoms with Crippen molar-refractivity contribution in [3.05, 3.63) is 12.2 Å². The average Bonchev–Trinajstić information content (AvgIpc) is 2.04. The summed E-state index contributed by atoms with van der Waals surface area (Å²) in [5, 5.41) is 3.46. The fourth-order valence-electron chi connectivity index (χ4n) is 1.22. The minimum absolute atomic E-state index is 0.611. The molecular weight excluding hydrogens is 170 g/mol. The molecule has 12 heavy (non-hydrogen) atoms. The van der Waals surface area contributed by atoms with Crippen molar-refractivity contribution in [3.63, 3.8) is 0 Å². The maximum absolute atomic E-state index is 5.50. The fraction of sp³-hybridized carbons (Fsp3) is 0.800. The molecule has 0 aromatic rings. The molecule has 1 atom stereocenters. The molecule has 1 unspecified atom stereocenters. The van der Waals surface area contributed by atoms with E-state index >= 15 is 0 Å². The molecule has 0 aliphatic heterocycles. The topological polar surface area (TPSA) is 12.0 Å². The van der Waals surface area contributed by atoms with E-state index < -0.39 is 0 Å². The van der Waals surface area contributed by atoms with Gasteiger partial charge in [-0.15, -0.1) is 11.6 Å². The molecule has 0 fully saturated rings. The Labute approximate surface area is 81.2 Å². The zero-order valence-corrected chi connectivity index (χ0v) is 9.06. The summed E-state index contributed by atoms with van der Waals surface area (Å²) in [4.78, 5) is 0. The van der Waals surface area contributed by atoms with Crippen LogP contribution in [0.3, 0.4) is 0 Å². The van der Waals surface area contributed by atoms with E-state index in [1.165, 1.54) is 6.42 Å². The van der Waals surface area contributed by atoms with Gasteiger partial charge in [0.05, 0.1) is 0 Å². The minimum atomic E-state index is 0.611. The van der Waals surface area contributed by atoms with E-state index in [4.69, 9.17) is 11.6 Å². The second kappa shape index (κ2) is 7.63. The maximum atomic E-state index is 5.50. The number of allylic oxidation sites excluding steroid dienone is 1.